The van der Waals surface area contributed by atoms with E-state index in [1.165, 1.54) is 22.7 Å². The molecular formula is C21H23F3N2O3S. The van der Waals surface area contributed by atoms with Gasteiger partial charge < -0.3 is 4.74 Å². The molecule has 1 saturated heterocycles. The molecule has 1 fully saturated rings. The van der Waals surface area contributed by atoms with Crippen molar-refractivity contribution in [2.24, 2.45) is 0 Å². The van der Waals surface area contributed by atoms with Crippen molar-refractivity contribution >= 4 is 10.0 Å². The highest BCUT2D eigenvalue weighted by molar-refractivity contribution is 7.88. The zero-order valence-electron chi connectivity index (χ0n) is 16.5. The van der Waals surface area contributed by atoms with Crippen LogP contribution in [0.15, 0.2) is 42.5 Å². The van der Waals surface area contributed by atoms with E-state index in [0.717, 1.165) is 42.6 Å². The molecule has 0 radical (unpaired) electrons. The van der Waals surface area contributed by atoms with Crippen LogP contribution in [0.2, 0.25) is 0 Å². The van der Waals surface area contributed by atoms with Crippen molar-refractivity contribution in [1.82, 2.24) is 9.21 Å². The Morgan fingerprint density at radius 3 is 2.43 bits per heavy atom. The van der Waals surface area contributed by atoms with Crippen LogP contribution in [-0.2, 0) is 29.2 Å². The second-order valence-corrected chi connectivity index (χ2v) is 9.78. The summed E-state index contributed by atoms with van der Waals surface area (Å²) in [6.07, 6.45) is -1.59. The molecule has 0 bridgehead atoms. The Kier molecular flexibility index (Phi) is 5.54. The summed E-state index contributed by atoms with van der Waals surface area (Å²) in [7, 11) is -3.17. The first kappa shape index (κ1) is 21.1. The number of hydrogen-bond acceptors (Lipinski definition) is 4. The summed E-state index contributed by atoms with van der Waals surface area (Å²) in [6.45, 7) is 2.53. The summed E-state index contributed by atoms with van der Waals surface area (Å²) in [5, 5.41) is 0. The van der Waals surface area contributed by atoms with E-state index in [4.69, 9.17) is 4.74 Å². The second-order valence-electron chi connectivity index (χ2n) is 7.80. The number of benzene rings is 2. The number of rotatable bonds is 4. The first-order chi connectivity index (χ1) is 14.1. The Balaban J connectivity index is 1.47. The van der Waals surface area contributed by atoms with Gasteiger partial charge in [0.1, 0.15) is 11.5 Å². The van der Waals surface area contributed by atoms with E-state index in [2.05, 4.69) is 4.90 Å². The zero-order chi connectivity index (χ0) is 21.5. The molecule has 9 heteroatoms. The summed E-state index contributed by atoms with van der Waals surface area (Å²) < 4.78 is 69.2. The fourth-order valence-electron chi connectivity index (χ4n) is 4.15. The Bertz CT molecular complexity index is 1020. The molecule has 1 atom stereocenters. The standard InChI is InChI=1S/C21H23F3N2O3S/c1-30(27,28)26-12-9-17(14-26)25-11-10-19-15(13-25)3-2-4-20(19)29-18-7-5-16(6-8-18)21(22,23)24/h2-8,17H,9-14H2,1H3. The molecule has 0 amide bonds. The van der Waals surface area contributed by atoms with E-state index in [9.17, 15) is 21.6 Å². The fourth-order valence-corrected chi connectivity index (χ4v) is 5.03. The number of nitrogens with zero attached hydrogens (tertiary/aromatic N) is 2. The molecule has 0 aromatic heterocycles. The molecule has 1 unspecified atom stereocenters. The Labute approximate surface area is 174 Å². The van der Waals surface area contributed by atoms with E-state index in [-0.39, 0.29) is 6.04 Å². The predicted molar refractivity (Wildman–Crippen MR) is 107 cm³/mol. The maximum absolute atomic E-state index is 12.7. The average molecular weight is 440 g/mol. The SMILES string of the molecule is CS(=O)(=O)N1CCC(N2CCc3c(cccc3Oc3ccc(C(F)(F)F)cc3)C2)C1. The summed E-state index contributed by atoms with van der Waals surface area (Å²) >= 11 is 0. The Morgan fingerprint density at radius 2 is 1.80 bits per heavy atom. The molecule has 5 nitrogen and oxygen atoms in total. The van der Waals surface area contributed by atoms with Gasteiger partial charge in [-0.15, -0.1) is 0 Å². The molecular weight excluding hydrogens is 417 g/mol. The van der Waals surface area contributed by atoms with Gasteiger partial charge in [-0.2, -0.15) is 13.2 Å². The van der Waals surface area contributed by atoms with Gasteiger partial charge in [0.05, 0.1) is 11.8 Å². The van der Waals surface area contributed by atoms with Gasteiger partial charge in [0.25, 0.3) is 0 Å². The summed E-state index contributed by atoms with van der Waals surface area (Å²) in [6, 6.07) is 10.6. The second kappa shape index (κ2) is 7.86. The van der Waals surface area contributed by atoms with Crippen LogP contribution in [0.25, 0.3) is 0 Å². The fraction of sp³-hybridized carbons (Fsp3) is 0.429. The molecule has 0 saturated carbocycles. The number of hydrogen-bond donors (Lipinski definition) is 0. The maximum Gasteiger partial charge on any atom is 0.416 e. The third-order valence-electron chi connectivity index (χ3n) is 5.77. The highest BCUT2D eigenvalue weighted by Gasteiger charge is 2.34. The van der Waals surface area contributed by atoms with Crippen LogP contribution < -0.4 is 4.74 Å². The normalized spacial score (nSPS) is 20.9. The molecule has 0 spiro atoms. The molecule has 30 heavy (non-hydrogen) atoms. The molecule has 2 aliphatic heterocycles. The van der Waals surface area contributed by atoms with Gasteiger partial charge in [-0.05, 0) is 48.7 Å². The summed E-state index contributed by atoms with van der Waals surface area (Å²) in [5.41, 5.74) is 1.44. The van der Waals surface area contributed by atoms with Crippen molar-refractivity contribution in [1.29, 1.82) is 0 Å². The first-order valence-electron chi connectivity index (χ1n) is 9.76. The van der Waals surface area contributed by atoms with E-state index < -0.39 is 21.8 Å². The van der Waals surface area contributed by atoms with E-state index >= 15 is 0 Å². The molecule has 2 aliphatic rings. The number of ether oxygens (including phenoxy) is 1. The lowest BCUT2D eigenvalue weighted by Gasteiger charge is -2.34. The third kappa shape index (κ3) is 4.48. The molecule has 162 valence electrons. The number of halogens is 3. The van der Waals surface area contributed by atoms with Gasteiger partial charge in [0.15, 0.2) is 0 Å². The van der Waals surface area contributed by atoms with Crippen LogP contribution in [0.3, 0.4) is 0 Å². The van der Waals surface area contributed by atoms with Crippen LogP contribution in [0.5, 0.6) is 11.5 Å². The van der Waals surface area contributed by atoms with Crippen LogP contribution >= 0.6 is 0 Å². The van der Waals surface area contributed by atoms with Crippen LogP contribution in [0.1, 0.15) is 23.1 Å². The maximum atomic E-state index is 12.7. The lowest BCUT2D eigenvalue weighted by Crippen LogP contribution is -2.41. The van der Waals surface area contributed by atoms with Crippen molar-refractivity contribution in [3.8, 4) is 11.5 Å². The Morgan fingerprint density at radius 1 is 1.07 bits per heavy atom. The quantitative estimate of drug-likeness (QED) is 0.724. The van der Waals surface area contributed by atoms with Gasteiger partial charge >= 0.3 is 6.18 Å². The summed E-state index contributed by atoms with van der Waals surface area (Å²) in [4.78, 5) is 2.30. The largest absolute Gasteiger partial charge is 0.457 e. The zero-order valence-corrected chi connectivity index (χ0v) is 17.3. The molecule has 2 heterocycles. The monoisotopic (exact) mass is 440 g/mol. The first-order valence-corrected chi connectivity index (χ1v) is 11.6. The van der Waals surface area contributed by atoms with Gasteiger partial charge in [-0.1, -0.05) is 12.1 Å². The third-order valence-corrected chi connectivity index (χ3v) is 7.04. The summed E-state index contributed by atoms with van der Waals surface area (Å²) in [5.74, 6) is 1.01. The molecule has 2 aromatic carbocycles. The van der Waals surface area contributed by atoms with Gasteiger partial charge in [-0.25, -0.2) is 12.7 Å². The van der Waals surface area contributed by atoms with Crippen molar-refractivity contribution in [3.05, 3.63) is 59.2 Å². The minimum absolute atomic E-state index is 0.187. The van der Waals surface area contributed by atoms with E-state index in [0.29, 0.717) is 31.1 Å². The van der Waals surface area contributed by atoms with Gasteiger partial charge in [0, 0.05) is 37.8 Å². The molecule has 4 rings (SSSR count). The highest BCUT2D eigenvalue weighted by Crippen LogP contribution is 2.35. The van der Waals surface area contributed by atoms with E-state index in [1.54, 1.807) is 0 Å². The topological polar surface area (TPSA) is 49.9 Å². The minimum Gasteiger partial charge on any atom is -0.457 e. The molecule has 2 aromatic rings. The van der Waals surface area contributed by atoms with Crippen molar-refractivity contribution in [2.75, 3.05) is 25.9 Å². The van der Waals surface area contributed by atoms with Crippen LogP contribution in [0.4, 0.5) is 13.2 Å². The lowest BCUT2D eigenvalue weighted by molar-refractivity contribution is -0.137. The van der Waals surface area contributed by atoms with Gasteiger partial charge in [-0.3, -0.25) is 4.90 Å². The van der Waals surface area contributed by atoms with Crippen molar-refractivity contribution in [3.63, 3.8) is 0 Å². The lowest BCUT2D eigenvalue weighted by atomic mass is 9.97. The average Bonchev–Trinajstić information content (AvgIpc) is 3.18. The predicted octanol–water partition coefficient (Wildman–Crippen LogP) is 3.89. The number of sulfonamides is 1. The van der Waals surface area contributed by atoms with Crippen LogP contribution in [0, 0.1) is 0 Å². The van der Waals surface area contributed by atoms with E-state index in [1.807, 2.05) is 18.2 Å². The highest BCUT2D eigenvalue weighted by atomic mass is 32.2. The smallest absolute Gasteiger partial charge is 0.416 e. The van der Waals surface area contributed by atoms with Crippen molar-refractivity contribution in [2.45, 2.75) is 31.6 Å². The van der Waals surface area contributed by atoms with Crippen LogP contribution in [-0.4, -0.2) is 49.6 Å². The van der Waals surface area contributed by atoms with Gasteiger partial charge in [0.2, 0.25) is 10.0 Å². The molecule has 0 aliphatic carbocycles. The minimum atomic E-state index is -4.37. The molecule has 0 N–H and O–H groups in total. The van der Waals surface area contributed by atoms with Crippen molar-refractivity contribution < 1.29 is 26.3 Å². The Hall–Kier alpha value is -2.10. The number of alkyl halides is 3. The number of fused-ring (bicyclic) bond motifs is 1.